The molecule has 0 atom stereocenters. The van der Waals surface area contributed by atoms with Gasteiger partial charge in [-0.15, -0.1) is 0 Å². The molecule has 4 nitrogen and oxygen atoms in total. The number of aliphatic imine (C=N–C) groups is 2. The van der Waals surface area contributed by atoms with E-state index in [1.54, 1.807) is 0 Å². The molecule has 0 aromatic carbocycles. The van der Waals surface area contributed by atoms with Crippen LogP contribution in [-0.4, -0.2) is 23.2 Å². The second kappa shape index (κ2) is 14.0. The van der Waals surface area contributed by atoms with Crippen LogP contribution in [0.1, 0.15) is 111 Å². The lowest BCUT2D eigenvalue weighted by atomic mass is 9.73. The topological polar surface area (TPSA) is 58.9 Å². The minimum atomic E-state index is -0.435. The molecule has 0 amide bonds. The summed E-state index contributed by atoms with van der Waals surface area (Å²) in [5.74, 6) is 0. The van der Waals surface area contributed by atoms with Gasteiger partial charge < -0.3 is 0 Å². The van der Waals surface area contributed by atoms with Crippen LogP contribution in [0.2, 0.25) is 0 Å². The summed E-state index contributed by atoms with van der Waals surface area (Å²) >= 11 is 0. The van der Waals surface area contributed by atoms with E-state index in [4.69, 9.17) is 0 Å². The molecule has 0 fully saturated rings. The van der Waals surface area contributed by atoms with Crippen molar-refractivity contribution in [2.45, 2.75) is 122 Å². The van der Waals surface area contributed by atoms with Gasteiger partial charge in [0.25, 0.3) is 0 Å². The van der Waals surface area contributed by atoms with E-state index < -0.39 is 11.1 Å². The van der Waals surface area contributed by atoms with Gasteiger partial charge in [-0.3, -0.25) is 0 Å². The van der Waals surface area contributed by atoms with Gasteiger partial charge in [-0.05, 0) is 32.1 Å². The van der Waals surface area contributed by atoms with Crippen molar-refractivity contribution in [3.8, 4) is 0 Å². The Morgan fingerprint density at radius 1 is 0.600 bits per heavy atom. The highest BCUT2D eigenvalue weighted by Crippen LogP contribution is 2.40. The van der Waals surface area contributed by atoms with Crippen molar-refractivity contribution in [2.75, 3.05) is 0 Å². The van der Waals surface area contributed by atoms with Crippen molar-refractivity contribution in [3.05, 3.63) is 0 Å². The van der Waals surface area contributed by atoms with Crippen molar-refractivity contribution < 1.29 is 9.59 Å². The largest absolute Gasteiger partial charge is 0.235 e. The highest BCUT2D eigenvalue weighted by atomic mass is 16.1. The molecule has 0 heterocycles. The van der Waals surface area contributed by atoms with Crippen LogP contribution in [0.4, 0.5) is 0 Å². The van der Waals surface area contributed by atoms with E-state index in [2.05, 4.69) is 37.7 Å². The number of hydrogen-bond donors (Lipinski definition) is 0. The molecule has 0 saturated heterocycles. The third-order valence-corrected chi connectivity index (χ3v) is 5.21. The van der Waals surface area contributed by atoms with E-state index in [1.165, 1.54) is 0 Å². The lowest BCUT2D eigenvalue weighted by molar-refractivity contribution is 0.215. The molecular formula is C21H38N2O2. The maximum atomic E-state index is 11.2. The average Bonchev–Trinajstić information content (AvgIpc) is 2.61. The van der Waals surface area contributed by atoms with Crippen molar-refractivity contribution in [1.29, 1.82) is 0 Å². The normalized spacial score (nSPS) is 11.7. The van der Waals surface area contributed by atoms with Crippen LogP contribution in [0.5, 0.6) is 0 Å². The second-order valence-electron chi connectivity index (χ2n) is 7.45. The number of carbonyl (C=O) groups excluding carboxylic acids is 2. The molecule has 4 heteroatoms. The number of hydrogen-bond acceptors (Lipinski definition) is 4. The predicted octanol–water partition coefficient (Wildman–Crippen LogP) is 6.29. The molecule has 0 bridgehead atoms. The Morgan fingerprint density at radius 2 is 0.880 bits per heavy atom. The van der Waals surface area contributed by atoms with Crippen LogP contribution >= 0.6 is 0 Å². The summed E-state index contributed by atoms with van der Waals surface area (Å²) < 4.78 is 0. The SMILES string of the molecule is CCCCC(CCCC)(CC(CCCC)(CCCC)N=C=O)N=C=O. The van der Waals surface area contributed by atoms with E-state index in [0.29, 0.717) is 6.42 Å². The van der Waals surface area contributed by atoms with E-state index in [0.717, 1.165) is 77.0 Å². The van der Waals surface area contributed by atoms with Crippen LogP contribution in [0.25, 0.3) is 0 Å². The fourth-order valence-electron chi connectivity index (χ4n) is 3.74. The Balaban J connectivity index is 5.77. The quantitative estimate of drug-likeness (QED) is 0.243. The van der Waals surface area contributed by atoms with Crippen LogP contribution in [0.3, 0.4) is 0 Å². The first kappa shape index (κ1) is 23.8. The van der Waals surface area contributed by atoms with E-state index >= 15 is 0 Å². The first-order valence-electron chi connectivity index (χ1n) is 10.3. The summed E-state index contributed by atoms with van der Waals surface area (Å²) in [5.41, 5.74) is -0.870. The number of unbranched alkanes of at least 4 members (excludes halogenated alkanes) is 4. The predicted molar refractivity (Wildman–Crippen MR) is 104 cm³/mol. The van der Waals surface area contributed by atoms with E-state index in [1.807, 2.05) is 12.2 Å². The summed E-state index contributed by atoms with van der Waals surface area (Å²) in [6.45, 7) is 8.61. The van der Waals surface area contributed by atoms with Gasteiger partial charge >= 0.3 is 0 Å². The van der Waals surface area contributed by atoms with Crippen molar-refractivity contribution in [1.82, 2.24) is 0 Å². The minimum absolute atomic E-state index is 0.435. The summed E-state index contributed by atoms with van der Waals surface area (Å²) in [7, 11) is 0. The molecule has 0 aromatic rings. The molecule has 0 radical (unpaired) electrons. The third-order valence-electron chi connectivity index (χ3n) is 5.21. The van der Waals surface area contributed by atoms with Gasteiger partial charge in [-0.2, -0.15) is 9.98 Å². The van der Waals surface area contributed by atoms with Gasteiger partial charge in [0, 0.05) is 0 Å². The lowest BCUT2D eigenvalue weighted by Gasteiger charge is -2.38. The highest BCUT2D eigenvalue weighted by molar-refractivity contribution is 5.37. The zero-order valence-electron chi connectivity index (χ0n) is 16.9. The van der Waals surface area contributed by atoms with Crippen LogP contribution in [0, 0.1) is 0 Å². The molecule has 25 heavy (non-hydrogen) atoms. The molecule has 0 saturated carbocycles. The molecule has 0 unspecified atom stereocenters. The fraction of sp³-hybridized carbons (Fsp3) is 0.905. The lowest BCUT2D eigenvalue weighted by Crippen LogP contribution is -2.39. The molecular weight excluding hydrogens is 312 g/mol. The van der Waals surface area contributed by atoms with Gasteiger partial charge in [0.05, 0.1) is 11.1 Å². The molecule has 0 aliphatic rings. The fourth-order valence-corrected chi connectivity index (χ4v) is 3.74. The summed E-state index contributed by atoms with van der Waals surface area (Å²) in [6.07, 6.45) is 16.2. The van der Waals surface area contributed by atoms with Gasteiger partial charge in [0.15, 0.2) is 0 Å². The maximum Gasteiger partial charge on any atom is 0.235 e. The van der Waals surface area contributed by atoms with Crippen molar-refractivity contribution in [3.63, 3.8) is 0 Å². The summed E-state index contributed by atoms with van der Waals surface area (Å²) in [5, 5.41) is 0. The third kappa shape index (κ3) is 9.14. The average molecular weight is 351 g/mol. The Bertz CT molecular complexity index is 379. The van der Waals surface area contributed by atoms with Gasteiger partial charge in [0.1, 0.15) is 0 Å². The Labute approximate surface area is 154 Å². The first-order chi connectivity index (χ1) is 12.1. The standard InChI is InChI=1S/C21H38N2O2/c1-5-9-13-20(22-18-24,14-10-6-2)17-21(23-19-25,15-11-7-3)16-12-8-4/h5-17H2,1-4H3. The van der Waals surface area contributed by atoms with E-state index in [9.17, 15) is 9.59 Å². The molecule has 0 rings (SSSR count). The zero-order valence-corrected chi connectivity index (χ0v) is 16.9. The molecule has 0 aliphatic heterocycles. The zero-order chi connectivity index (χ0) is 19.0. The summed E-state index contributed by atoms with van der Waals surface area (Å²) in [4.78, 5) is 31.1. The van der Waals surface area contributed by atoms with Crippen LogP contribution in [0.15, 0.2) is 9.98 Å². The Kier molecular flexibility index (Phi) is 13.3. The van der Waals surface area contributed by atoms with Crippen LogP contribution < -0.4 is 0 Å². The molecule has 0 aliphatic carbocycles. The van der Waals surface area contributed by atoms with Gasteiger partial charge in [-0.1, -0.05) is 79.1 Å². The van der Waals surface area contributed by atoms with Crippen LogP contribution in [-0.2, 0) is 9.59 Å². The van der Waals surface area contributed by atoms with Crippen molar-refractivity contribution >= 4 is 12.2 Å². The van der Waals surface area contributed by atoms with Crippen molar-refractivity contribution in [2.24, 2.45) is 9.98 Å². The highest BCUT2D eigenvalue weighted by Gasteiger charge is 2.40. The molecule has 0 aromatic heterocycles. The molecule has 0 spiro atoms. The Hall–Kier alpha value is -1.24. The Morgan fingerprint density at radius 3 is 1.08 bits per heavy atom. The minimum Gasteiger partial charge on any atom is -0.211 e. The smallest absolute Gasteiger partial charge is 0.211 e. The molecule has 144 valence electrons. The number of isocyanates is 2. The first-order valence-corrected chi connectivity index (χ1v) is 10.3. The molecule has 0 N–H and O–H groups in total. The van der Waals surface area contributed by atoms with E-state index in [-0.39, 0.29) is 0 Å². The number of rotatable bonds is 16. The number of nitrogens with zero attached hydrogens (tertiary/aromatic N) is 2. The second-order valence-corrected chi connectivity index (χ2v) is 7.45. The van der Waals surface area contributed by atoms with Gasteiger partial charge in [-0.25, -0.2) is 9.59 Å². The monoisotopic (exact) mass is 350 g/mol. The summed E-state index contributed by atoms with van der Waals surface area (Å²) in [6, 6.07) is 0. The maximum absolute atomic E-state index is 11.2. The van der Waals surface area contributed by atoms with Gasteiger partial charge in [0.2, 0.25) is 12.2 Å².